The zero-order chi connectivity index (χ0) is 9.40. The minimum Gasteiger partial charge on any atom is -0.330 e. The molecule has 0 rings (SSSR count). The van der Waals surface area contributed by atoms with Gasteiger partial charge in [0.15, 0.2) is 0 Å². The topological polar surface area (TPSA) is 55.1 Å². The van der Waals surface area contributed by atoms with Crippen molar-refractivity contribution >= 4 is 6.29 Å². The van der Waals surface area contributed by atoms with E-state index in [-0.39, 0.29) is 6.04 Å². The van der Waals surface area contributed by atoms with Crippen LogP contribution in [0.5, 0.6) is 0 Å². The first-order chi connectivity index (χ1) is 5.70. The van der Waals surface area contributed by atoms with E-state index in [1.165, 1.54) is 0 Å². The van der Waals surface area contributed by atoms with Gasteiger partial charge in [-0.1, -0.05) is 20.3 Å². The van der Waals surface area contributed by atoms with Crippen molar-refractivity contribution in [1.29, 1.82) is 0 Å². The minimum absolute atomic E-state index is 0.0107. The molecule has 0 bridgehead atoms. The van der Waals surface area contributed by atoms with Crippen molar-refractivity contribution < 1.29 is 4.79 Å². The smallest absolute Gasteiger partial charge is 0.136 e. The Bertz CT molecular complexity index is 115. The number of rotatable bonds is 7. The molecule has 0 saturated heterocycles. The Kier molecular flexibility index (Phi) is 7.00. The van der Waals surface area contributed by atoms with Gasteiger partial charge in [-0.3, -0.25) is 0 Å². The highest BCUT2D eigenvalue weighted by atomic mass is 16.1. The van der Waals surface area contributed by atoms with Crippen LogP contribution in [-0.4, -0.2) is 24.9 Å². The third-order valence-corrected chi connectivity index (χ3v) is 1.68. The maximum Gasteiger partial charge on any atom is 0.136 e. The lowest BCUT2D eigenvalue weighted by molar-refractivity contribution is -0.109. The molecule has 0 aliphatic rings. The van der Waals surface area contributed by atoms with Crippen LogP contribution >= 0.6 is 0 Å². The van der Waals surface area contributed by atoms with E-state index in [0.29, 0.717) is 12.6 Å². The number of carbonyl (C=O) groups excluding carboxylic acids is 1. The Labute approximate surface area is 74.7 Å². The van der Waals surface area contributed by atoms with Crippen LogP contribution in [-0.2, 0) is 4.79 Å². The van der Waals surface area contributed by atoms with Gasteiger partial charge in [-0.05, 0) is 19.4 Å². The molecule has 0 amide bonds. The third-order valence-electron chi connectivity index (χ3n) is 1.68. The van der Waals surface area contributed by atoms with Gasteiger partial charge in [0.25, 0.3) is 0 Å². The van der Waals surface area contributed by atoms with E-state index >= 15 is 0 Å². The van der Waals surface area contributed by atoms with Crippen molar-refractivity contribution in [3.63, 3.8) is 0 Å². The van der Waals surface area contributed by atoms with Crippen molar-refractivity contribution in [3.8, 4) is 0 Å². The van der Waals surface area contributed by atoms with Crippen LogP contribution in [0.4, 0.5) is 0 Å². The highest BCUT2D eigenvalue weighted by molar-refractivity contribution is 5.57. The lowest BCUT2D eigenvalue weighted by Crippen LogP contribution is -2.35. The van der Waals surface area contributed by atoms with Crippen molar-refractivity contribution in [1.82, 2.24) is 5.32 Å². The monoisotopic (exact) mass is 172 g/mol. The number of nitrogens with two attached hydrogens (primary N) is 1. The molecule has 0 saturated carbocycles. The largest absolute Gasteiger partial charge is 0.330 e. The fourth-order valence-electron chi connectivity index (χ4n) is 1.13. The fourth-order valence-corrected chi connectivity index (χ4v) is 1.13. The first-order valence-corrected chi connectivity index (χ1v) is 4.62. The van der Waals surface area contributed by atoms with E-state index in [1.54, 1.807) is 0 Å². The molecule has 0 aromatic heterocycles. The summed E-state index contributed by atoms with van der Waals surface area (Å²) in [7, 11) is 0. The Balaban J connectivity index is 3.46. The summed E-state index contributed by atoms with van der Waals surface area (Å²) in [6, 6.07) is 0.384. The molecule has 0 fully saturated rings. The van der Waals surface area contributed by atoms with Gasteiger partial charge in [-0.15, -0.1) is 0 Å². The van der Waals surface area contributed by atoms with Gasteiger partial charge in [0, 0.05) is 6.04 Å². The molecule has 1 unspecified atom stereocenters. The molecule has 0 aromatic carbocycles. The van der Waals surface area contributed by atoms with Gasteiger partial charge >= 0.3 is 0 Å². The van der Waals surface area contributed by atoms with Crippen LogP contribution in [0.2, 0.25) is 0 Å². The molecule has 72 valence electrons. The maximum absolute atomic E-state index is 10.5. The summed E-state index contributed by atoms with van der Waals surface area (Å²) in [6.07, 6.45) is 3.92. The minimum atomic E-state index is 0.0107. The van der Waals surface area contributed by atoms with Crippen molar-refractivity contribution in [2.24, 2.45) is 5.73 Å². The number of hydrogen-bond acceptors (Lipinski definition) is 3. The number of aldehydes is 1. The van der Waals surface area contributed by atoms with Gasteiger partial charge in [-0.2, -0.15) is 0 Å². The normalized spacial score (nSPS) is 13.3. The summed E-state index contributed by atoms with van der Waals surface area (Å²) >= 11 is 0. The average Bonchev–Trinajstić information content (AvgIpc) is 2.02. The molecule has 0 spiro atoms. The zero-order valence-corrected chi connectivity index (χ0v) is 8.05. The summed E-state index contributed by atoms with van der Waals surface area (Å²) in [4.78, 5) is 10.5. The van der Waals surface area contributed by atoms with E-state index < -0.39 is 0 Å². The summed E-state index contributed by atoms with van der Waals surface area (Å²) in [5.74, 6) is 0. The van der Waals surface area contributed by atoms with E-state index in [2.05, 4.69) is 5.32 Å². The zero-order valence-electron chi connectivity index (χ0n) is 8.05. The maximum atomic E-state index is 10.5. The van der Waals surface area contributed by atoms with E-state index in [9.17, 15) is 4.79 Å². The SMILES string of the molecule is CC(C)NC(C=O)CCCCN. The fraction of sp³-hybridized carbons (Fsp3) is 0.889. The van der Waals surface area contributed by atoms with Crippen molar-refractivity contribution in [2.45, 2.75) is 45.2 Å². The van der Waals surface area contributed by atoms with Gasteiger partial charge < -0.3 is 15.8 Å². The quantitative estimate of drug-likeness (QED) is 0.438. The summed E-state index contributed by atoms with van der Waals surface area (Å²) < 4.78 is 0. The van der Waals surface area contributed by atoms with Crippen LogP contribution in [0.3, 0.4) is 0 Å². The number of unbranched alkanes of at least 4 members (excludes halogenated alkanes) is 1. The van der Waals surface area contributed by atoms with Gasteiger partial charge in [0.2, 0.25) is 0 Å². The molecule has 0 aromatic rings. The van der Waals surface area contributed by atoms with Gasteiger partial charge in [-0.25, -0.2) is 0 Å². The third kappa shape index (κ3) is 6.31. The highest BCUT2D eigenvalue weighted by Gasteiger charge is 2.06. The van der Waals surface area contributed by atoms with E-state index in [0.717, 1.165) is 25.5 Å². The molecule has 0 aliphatic heterocycles. The number of carbonyl (C=O) groups is 1. The van der Waals surface area contributed by atoms with Crippen LogP contribution in [0.1, 0.15) is 33.1 Å². The van der Waals surface area contributed by atoms with Crippen LogP contribution in [0, 0.1) is 0 Å². The Morgan fingerprint density at radius 2 is 2.08 bits per heavy atom. The molecular formula is C9H20N2O. The predicted octanol–water partition coefficient (Wildman–Crippen LogP) is 0.681. The number of hydrogen-bond donors (Lipinski definition) is 2. The van der Waals surface area contributed by atoms with Crippen LogP contribution < -0.4 is 11.1 Å². The van der Waals surface area contributed by atoms with Crippen LogP contribution in [0.25, 0.3) is 0 Å². The second-order valence-electron chi connectivity index (χ2n) is 3.35. The Morgan fingerprint density at radius 1 is 1.42 bits per heavy atom. The lowest BCUT2D eigenvalue weighted by atomic mass is 10.1. The predicted molar refractivity (Wildman–Crippen MR) is 51.0 cm³/mol. The van der Waals surface area contributed by atoms with E-state index in [1.807, 2.05) is 13.8 Å². The first kappa shape index (κ1) is 11.6. The summed E-state index contributed by atoms with van der Waals surface area (Å²) in [6.45, 7) is 4.80. The lowest BCUT2D eigenvalue weighted by Gasteiger charge is -2.14. The molecule has 3 N–H and O–H groups in total. The highest BCUT2D eigenvalue weighted by Crippen LogP contribution is 1.98. The van der Waals surface area contributed by atoms with Gasteiger partial charge in [0.05, 0.1) is 6.04 Å². The second-order valence-corrected chi connectivity index (χ2v) is 3.35. The van der Waals surface area contributed by atoms with E-state index in [4.69, 9.17) is 5.73 Å². The Morgan fingerprint density at radius 3 is 2.50 bits per heavy atom. The standard InChI is InChI=1S/C9H20N2O/c1-8(2)11-9(7-12)5-3-4-6-10/h7-9,11H,3-6,10H2,1-2H3. The molecule has 12 heavy (non-hydrogen) atoms. The molecule has 3 heteroatoms. The van der Waals surface area contributed by atoms with Gasteiger partial charge in [0.1, 0.15) is 6.29 Å². The molecule has 0 heterocycles. The number of nitrogens with one attached hydrogen (secondary N) is 1. The molecule has 1 atom stereocenters. The first-order valence-electron chi connectivity index (χ1n) is 4.62. The van der Waals surface area contributed by atoms with Crippen molar-refractivity contribution in [3.05, 3.63) is 0 Å². The summed E-state index contributed by atoms with van der Waals surface area (Å²) in [5.41, 5.74) is 5.35. The molecular weight excluding hydrogens is 152 g/mol. The van der Waals surface area contributed by atoms with Crippen LogP contribution in [0.15, 0.2) is 0 Å². The molecule has 0 radical (unpaired) electrons. The molecule has 0 aliphatic carbocycles. The van der Waals surface area contributed by atoms with Crippen molar-refractivity contribution in [2.75, 3.05) is 6.54 Å². The second kappa shape index (κ2) is 7.25. The average molecular weight is 172 g/mol. The summed E-state index contributed by atoms with van der Waals surface area (Å²) in [5, 5.41) is 3.18. The molecule has 3 nitrogen and oxygen atoms in total. The Hall–Kier alpha value is -0.410.